The Bertz CT molecular complexity index is 893. The van der Waals surface area contributed by atoms with E-state index < -0.39 is 0 Å². The van der Waals surface area contributed by atoms with Gasteiger partial charge in [-0.2, -0.15) is 0 Å². The normalized spacial score (nSPS) is 20.4. The summed E-state index contributed by atoms with van der Waals surface area (Å²) in [5.74, 6) is 1.50. The fourth-order valence-electron chi connectivity index (χ4n) is 4.75. The topological polar surface area (TPSA) is 57.7 Å². The van der Waals surface area contributed by atoms with Crippen LogP contribution < -0.4 is 10.1 Å². The van der Waals surface area contributed by atoms with Gasteiger partial charge < -0.3 is 15.0 Å². The summed E-state index contributed by atoms with van der Waals surface area (Å²) in [6.45, 7) is 7.68. The van der Waals surface area contributed by atoms with Crippen LogP contribution >= 0.6 is 0 Å². The van der Waals surface area contributed by atoms with Crippen molar-refractivity contribution in [1.29, 1.82) is 0 Å². The second-order valence-electron chi connectivity index (χ2n) is 8.50. The molecule has 1 amide bonds. The van der Waals surface area contributed by atoms with Crippen molar-refractivity contribution < 1.29 is 9.53 Å². The first-order chi connectivity index (χ1) is 14.5. The number of benzene rings is 1. The van der Waals surface area contributed by atoms with Gasteiger partial charge in [-0.3, -0.25) is 14.7 Å². The quantitative estimate of drug-likeness (QED) is 0.812. The Hall–Kier alpha value is -2.60. The standard InChI is InChI=1S/C24H32N4O2/c1-17-13-21(26-20-5-4-6-23(14-20)30-3)15-24(25-17)19-7-10-28(16-19)22-8-11-27(12-9-22)18(2)29/h4-6,13-15,19,22H,7-12,16H2,1-3H3,(H,25,26). The summed E-state index contributed by atoms with van der Waals surface area (Å²) < 4.78 is 5.33. The summed E-state index contributed by atoms with van der Waals surface area (Å²) in [5.41, 5.74) is 4.28. The van der Waals surface area contributed by atoms with Crippen molar-refractivity contribution in [3.05, 3.63) is 47.8 Å². The minimum absolute atomic E-state index is 0.202. The van der Waals surface area contributed by atoms with E-state index in [0.29, 0.717) is 12.0 Å². The third-order valence-corrected chi connectivity index (χ3v) is 6.40. The number of pyridine rings is 1. The summed E-state index contributed by atoms with van der Waals surface area (Å²) in [7, 11) is 1.68. The van der Waals surface area contributed by atoms with Crippen LogP contribution in [0.25, 0.3) is 0 Å². The number of hydrogen-bond acceptors (Lipinski definition) is 5. The molecule has 2 aliphatic heterocycles. The Morgan fingerprint density at radius 1 is 1.10 bits per heavy atom. The fourth-order valence-corrected chi connectivity index (χ4v) is 4.75. The van der Waals surface area contributed by atoms with Crippen molar-refractivity contribution in [3.8, 4) is 5.75 Å². The number of likely N-dealkylation sites (tertiary alicyclic amines) is 2. The molecule has 160 valence electrons. The van der Waals surface area contributed by atoms with Gasteiger partial charge in [-0.15, -0.1) is 0 Å². The molecule has 6 heteroatoms. The van der Waals surface area contributed by atoms with Crippen molar-refractivity contribution in [2.45, 2.75) is 45.1 Å². The third kappa shape index (κ3) is 4.75. The highest BCUT2D eigenvalue weighted by atomic mass is 16.5. The zero-order valence-electron chi connectivity index (χ0n) is 18.2. The first-order valence-electron chi connectivity index (χ1n) is 10.9. The lowest BCUT2D eigenvalue weighted by Crippen LogP contribution is -2.45. The summed E-state index contributed by atoms with van der Waals surface area (Å²) in [4.78, 5) is 21.0. The van der Waals surface area contributed by atoms with E-state index in [1.54, 1.807) is 14.0 Å². The molecular weight excluding hydrogens is 376 g/mol. The highest BCUT2D eigenvalue weighted by Crippen LogP contribution is 2.32. The van der Waals surface area contributed by atoms with Crippen molar-refractivity contribution in [2.75, 3.05) is 38.6 Å². The zero-order chi connectivity index (χ0) is 21.1. The fraction of sp³-hybridized carbons (Fsp3) is 0.500. The van der Waals surface area contributed by atoms with E-state index in [-0.39, 0.29) is 5.91 Å². The Balaban J connectivity index is 1.41. The van der Waals surface area contributed by atoms with E-state index in [4.69, 9.17) is 9.72 Å². The van der Waals surface area contributed by atoms with E-state index in [0.717, 1.165) is 68.3 Å². The average molecular weight is 409 g/mol. The molecule has 0 saturated carbocycles. The predicted octanol–water partition coefficient (Wildman–Crippen LogP) is 3.94. The smallest absolute Gasteiger partial charge is 0.219 e. The minimum atomic E-state index is 0.202. The Morgan fingerprint density at radius 3 is 2.63 bits per heavy atom. The van der Waals surface area contributed by atoms with Crippen LogP contribution in [0.3, 0.4) is 0 Å². The number of nitrogens with zero attached hydrogens (tertiary/aromatic N) is 3. The molecule has 3 heterocycles. The molecule has 1 aromatic heterocycles. The summed E-state index contributed by atoms with van der Waals surface area (Å²) in [6, 6.07) is 12.9. The first-order valence-corrected chi connectivity index (χ1v) is 10.9. The SMILES string of the molecule is COc1cccc(Nc2cc(C)nc(C3CCN(C4CCN(C(C)=O)CC4)C3)c2)c1. The van der Waals surface area contributed by atoms with Crippen molar-refractivity contribution in [1.82, 2.24) is 14.8 Å². The highest BCUT2D eigenvalue weighted by molar-refractivity contribution is 5.73. The lowest BCUT2D eigenvalue weighted by atomic mass is 10.0. The molecule has 1 atom stereocenters. The van der Waals surface area contributed by atoms with Crippen LogP contribution in [0, 0.1) is 6.92 Å². The van der Waals surface area contributed by atoms with Gasteiger partial charge in [-0.05, 0) is 57.0 Å². The largest absolute Gasteiger partial charge is 0.497 e. The molecule has 6 nitrogen and oxygen atoms in total. The van der Waals surface area contributed by atoms with Gasteiger partial charge in [0.1, 0.15) is 5.75 Å². The summed E-state index contributed by atoms with van der Waals surface area (Å²) in [6.07, 6.45) is 3.30. The lowest BCUT2D eigenvalue weighted by molar-refractivity contribution is -0.130. The second-order valence-corrected chi connectivity index (χ2v) is 8.50. The number of aromatic nitrogens is 1. The predicted molar refractivity (Wildman–Crippen MR) is 119 cm³/mol. The van der Waals surface area contributed by atoms with E-state index in [1.165, 1.54) is 5.69 Å². The van der Waals surface area contributed by atoms with Crippen LogP contribution in [-0.2, 0) is 4.79 Å². The Kier molecular flexibility index (Phi) is 6.23. The van der Waals surface area contributed by atoms with Gasteiger partial charge in [0.25, 0.3) is 0 Å². The van der Waals surface area contributed by atoms with Crippen LogP contribution in [0.2, 0.25) is 0 Å². The van der Waals surface area contributed by atoms with Gasteiger partial charge in [0.05, 0.1) is 7.11 Å². The summed E-state index contributed by atoms with van der Waals surface area (Å²) >= 11 is 0. The van der Waals surface area contributed by atoms with Crippen molar-refractivity contribution in [3.63, 3.8) is 0 Å². The molecule has 30 heavy (non-hydrogen) atoms. The number of methoxy groups -OCH3 is 1. The van der Waals surface area contributed by atoms with Gasteiger partial charge in [-0.1, -0.05) is 6.07 Å². The highest BCUT2D eigenvalue weighted by Gasteiger charge is 2.32. The molecular formula is C24H32N4O2. The molecule has 0 aliphatic carbocycles. The number of hydrogen-bond donors (Lipinski definition) is 1. The van der Waals surface area contributed by atoms with Crippen LogP contribution in [0.15, 0.2) is 36.4 Å². The zero-order valence-corrected chi connectivity index (χ0v) is 18.2. The molecule has 1 aromatic carbocycles. The maximum atomic E-state index is 11.6. The maximum Gasteiger partial charge on any atom is 0.219 e. The van der Waals surface area contributed by atoms with E-state index in [2.05, 4.69) is 29.3 Å². The summed E-state index contributed by atoms with van der Waals surface area (Å²) in [5, 5.41) is 3.50. The number of amides is 1. The molecule has 4 rings (SSSR count). The van der Waals surface area contributed by atoms with Crippen LogP contribution in [0.4, 0.5) is 11.4 Å². The molecule has 1 N–H and O–H groups in total. The van der Waals surface area contributed by atoms with E-state index >= 15 is 0 Å². The van der Waals surface area contributed by atoms with Gasteiger partial charge in [0.2, 0.25) is 5.91 Å². The van der Waals surface area contributed by atoms with Crippen molar-refractivity contribution in [2.24, 2.45) is 0 Å². The number of anilines is 2. The van der Waals surface area contributed by atoms with Crippen molar-refractivity contribution >= 4 is 17.3 Å². The monoisotopic (exact) mass is 408 g/mol. The average Bonchev–Trinajstić information content (AvgIpc) is 3.24. The number of nitrogens with one attached hydrogen (secondary N) is 1. The number of carbonyl (C=O) groups is 1. The molecule has 2 saturated heterocycles. The van der Waals surface area contributed by atoms with E-state index in [9.17, 15) is 4.79 Å². The van der Waals surface area contributed by atoms with Gasteiger partial charge in [-0.25, -0.2) is 0 Å². The molecule has 2 aromatic rings. The van der Waals surface area contributed by atoms with Crippen LogP contribution in [0.1, 0.15) is 43.5 Å². The van der Waals surface area contributed by atoms with Gasteiger partial charge >= 0.3 is 0 Å². The van der Waals surface area contributed by atoms with Crippen LogP contribution in [-0.4, -0.2) is 60.0 Å². The molecule has 0 radical (unpaired) electrons. The number of piperidine rings is 1. The molecule has 0 spiro atoms. The van der Waals surface area contributed by atoms with E-state index in [1.807, 2.05) is 29.2 Å². The third-order valence-electron chi connectivity index (χ3n) is 6.40. The number of aryl methyl sites for hydroxylation is 1. The molecule has 0 bridgehead atoms. The Labute approximate surface area is 179 Å². The molecule has 1 unspecified atom stereocenters. The minimum Gasteiger partial charge on any atom is -0.497 e. The Morgan fingerprint density at radius 2 is 1.90 bits per heavy atom. The van der Waals surface area contributed by atoms with Gasteiger partial charge in [0, 0.05) is 67.3 Å². The lowest BCUT2D eigenvalue weighted by Gasteiger charge is -2.36. The first kappa shape index (κ1) is 20.7. The number of ether oxygens (including phenoxy) is 1. The molecule has 2 fully saturated rings. The number of rotatable bonds is 5. The van der Waals surface area contributed by atoms with Gasteiger partial charge in [0.15, 0.2) is 0 Å². The second kappa shape index (κ2) is 9.04. The molecule has 2 aliphatic rings. The maximum absolute atomic E-state index is 11.6. The van der Waals surface area contributed by atoms with Crippen LogP contribution in [0.5, 0.6) is 5.75 Å². The number of carbonyl (C=O) groups excluding carboxylic acids is 1.